The topological polar surface area (TPSA) is 92.5 Å². The fraction of sp³-hybridized carbons (Fsp3) is 0.286. The molecule has 2 aromatic rings. The number of rotatable bonds is 6. The van der Waals surface area contributed by atoms with Gasteiger partial charge in [0.25, 0.3) is 0 Å². The number of halogens is 1. The highest BCUT2D eigenvalue weighted by Gasteiger charge is 2.18. The van der Waals surface area contributed by atoms with Gasteiger partial charge in [0.15, 0.2) is 5.82 Å². The zero-order valence-electron chi connectivity index (χ0n) is 12.6. The van der Waals surface area contributed by atoms with Gasteiger partial charge in [-0.05, 0) is 31.2 Å². The summed E-state index contributed by atoms with van der Waals surface area (Å²) >= 11 is 5.74. The molecule has 0 aliphatic heterocycles. The zero-order chi connectivity index (χ0) is 17.0. The first-order chi connectivity index (χ1) is 10.8. The number of carbonyl (C=O) groups excluding carboxylic acids is 1. The molecule has 0 saturated heterocycles. The fourth-order valence-corrected chi connectivity index (χ4v) is 3.05. The molecule has 0 aliphatic carbocycles. The summed E-state index contributed by atoms with van der Waals surface area (Å²) in [6.07, 6.45) is 0. The molecule has 1 N–H and O–H groups in total. The van der Waals surface area contributed by atoms with Crippen LogP contribution in [0.1, 0.15) is 12.7 Å². The summed E-state index contributed by atoms with van der Waals surface area (Å²) in [5, 5.41) is 4.21. The van der Waals surface area contributed by atoms with Crippen LogP contribution in [-0.2, 0) is 14.8 Å². The van der Waals surface area contributed by atoms with E-state index in [9.17, 15) is 13.2 Å². The number of anilines is 1. The van der Waals surface area contributed by atoms with Crippen molar-refractivity contribution in [3.63, 3.8) is 0 Å². The largest absolute Gasteiger partial charge is 0.360 e. The van der Waals surface area contributed by atoms with Crippen molar-refractivity contribution in [2.24, 2.45) is 0 Å². The molecule has 2 rings (SSSR count). The average molecular weight is 358 g/mol. The molecule has 124 valence electrons. The van der Waals surface area contributed by atoms with Gasteiger partial charge in [-0.3, -0.25) is 9.69 Å². The molecule has 0 radical (unpaired) electrons. The minimum atomic E-state index is -3.67. The Labute approximate surface area is 139 Å². The van der Waals surface area contributed by atoms with Crippen molar-refractivity contribution in [2.45, 2.75) is 18.7 Å². The SMILES string of the molecule is CC(=O)N(CCNS(=O)(=O)c1ccc(Cl)cc1)c1cc(C)on1. The Kier molecular flexibility index (Phi) is 5.40. The van der Waals surface area contributed by atoms with Gasteiger partial charge in [-0.1, -0.05) is 16.8 Å². The van der Waals surface area contributed by atoms with Crippen LogP contribution in [-0.4, -0.2) is 32.6 Å². The van der Waals surface area contributed by atoms with Crippen LogP contribution in [0.15, 0.2) is 39.8 Å². The van der Waals surface area contributed by atoms with Crippen LogP contribution in [0.4, 0.5) is 5.82 Å². The summed E-state index contributed by atoms with van der Waals surface area (Å²) in [5.41, 5.74) is 0. The van der Waals surface area contributed by atoms with E-state index in [0.29, 0.717) is 16.6 Å². The van der Waals surface area contributed by atoms with E-state index < -0.39 is 10.0 Å². The molecule has 1 aromatic heterocycles. The number of aryl methyl sites for hydroxylation is 1. The number of hydrogen-bond acceptors (Lipinski definition) is 5. The molecule has 23 heavy (non-hydrogen) atoms. The monoisotopic (exact) mass is 357 g/mol. The number of hydrogen-bond donors (Lipinski definition) is 1. The Balaban J connectivity index is 2.02. The Morgan fingerprint density at radius 2 is 2.00 bits per heavy atom. The van der Waals surface area contributed by atoms with Crippen LogP contribution >= 0.6 is 11.6 Å². The maximum atomic E-state index is 12.1. The van der Waals surface area contributed by atoms with E-state index in [1.165, 1.54) is 36.1 Å². The first-order valence-electron chi connectivity index (χ1n) is 6.76. The van der Waals surface area contributed by atoms with Gasteiger partial charge in [0.05, 0.1) is 4.90 Å². The molecule has 0 bridgehead atoms. The minimum Gasteiger partial charge on any atom is -0.360 e. The standard InChI is InChI=1S/C14H16ClN3O4S/c1-10-9-14(17-22-10)18(11(2)19)8-7-16-23(20,21)13-5-3-12(15)4-6-13/h3-6,9,16H,7-8H2,1-2H3. The number of carbonyl (C=O) groups is 1. The van der Waals surface area contributed by atoms with Crippen LogP contribution in [0, 0.1) is 6.92 Å². The van der Waals surface area contributed by atoms with E-state index in [-0.39, 0.29) is 23.9 Å². The van der Waals surface area contributed by atoms with E-state index in [1.807, 2.05) is 0 Å². The number of sulfonamides is 1. The number of nitrogens with zero attached hydrogens (tertiary/aromatic N) is 2. The minimum absolute atomic E-state index is 0.0381. The lowest BCUT2D eigenvalue weighted by molar-refractivity contribution is -0.116. The highest BCUT2D eigenvalue weighted by Crippen LogP contribution is 2.15. The fourth-order valence-electron chi connectivity index (χ4n) is 1.90. The van der Waals surface area contributed by atoms with Crippen molar-refractivity contribution in [2.75, 3.05) is 18.0 Å². The van der Waals surface area contributed by atoms with Gasteiger partial charge >= 0.3 is 0 Å². The number of benzene rings is 1. The van der Waals surface area contributed by atoms with Crippen molar-refractivity contribution in [3.05, 3.63) is 41.1 Å². The van der Waals surface area contributed by atoms with Gasteiger partial charge in [-0.25, -0.2) is 13.1 Å². The molecule has 1 aromatic carbocycles. The Morgan fingerprint density at radius 1 is 1.35 bits per heavy atom. The maximum Gasteiger partial charge on any atom is 0.240 e. The third-order valence-corrected chi connectivity index (χ3v) is 4.75. The van der Waals surface area contributed by atoms with E-state index in [1.54, 1.807) is 13.0 Å². The Morgan fingerprint density at radius 3 is 2.52 bits per heavy atom. The average Bonchev–Trinajstić information content (AvgIpc) is 2.90. The van der Waals surface area contributed by atoms with Gasteiger partial charge in [0, 0.05) is 31.1 Å². The molecule has 1 amide bonds. The molecule has 0 fully saturated rings. The first kappa shape index (κ1) is 17.5. The summed E-state index contributed by atoms with van der Waals surface area (Å²) in [5.74, 6) is 0.651. The molecule has 0 aliphatic rings. The second-order valence-corrected chi connectivity index (χ2v) is 7.02. The molecular weight excluding hydrogens is 342 g/mol. The van der Waals surface area contributed by atoms with Crippen molar-refractivity contribution in [1.29, 1.82) is 0 Å². The van der Waals surface area contributed by atoms with E-state index in [2.05, 4.69) is 9.88 Å². The van der Waals surface area contributed by atoms with Gasteiger partial charge < -0.3 is 4.52 Å². The van der Waals surface area contributed by atoms with E-state index in [0.717, 1.165) is 0 Å². The number of aromatic nitrogens is 1. The zero-order valence-corrected chi connectivity index (χ0v) is 14.2. The molecular formula is C14H16ClN3O4S. The van der Waals surface area contributed by atoms with Gasteiger partial charge in [-0.2, -0.15) is 0 Å². The smallest absolute Gasteiger partial charge is 0.240 e. The molecule has 0 unspecified atom stereocenters. The molecule has 7 nitrogen and oxygen atoms in total. The second-order valence-electron chi connectivity index (χ2n) is 4.82. The predicted octanol–water partition coefficient (Wildman–Crippen LogP) is 1.97. The molecule has 9 heteroatoms. The van der Waals surface area contributed by atoms with Gasteiger partial charge in [-0.15, -0.1) is 0 Å². The van der Waals surface area contributed by atoms with E-state index in [4.69, 9.17) is 16.1 Å². The van der Waals surface area contributed by atoms with Crippen LogP contribution in [0.25, 0.3) is 0 Å². The first-order valence-corrected chi connectivity index (χ1v) is 8.62. The lowest BCUT2D eigenvalue weighted by Crippen LogP contribution is -2.37. The summed E-state index contributed by atoms with van der Waals surface area (Å²) in [4.78, 5) is 13.1. The quantitative estimate of drug-likeness (QED) is 0.853. The van der Waals surface area contributed by atoms with Crippen LogP contribution in [0.3, 0.4) is 0 Å². The van der Waals surface area contributed by atoms with Crippen LogP contribution < -0.4 is 9.62 Å². The summed E-state index contributed by atoms with van der Waals surface area (Å²) < 4.78 is 31.6. The van der Waals surface area contributed by atoms with Crippen molar-refractivity contribution >= 4 is 33.3 Å². The normalized spacial score (nSPS) is 11.4. The second kappa shape index (κ2) is 7.12. The van der Waals surface area contributed by atoms with Crippen molar-refractivity contribution in [3.8, 4) is 0 Å². The van der Waals surface area contributed by atoms with Gasteiger partial charge in [0.1, 0.15) is 5.76 Å². The molecule has 0 atom stereocenters. The van der Waals surface area contributed by atoms with Crippen molar-refractivity contribution in [1.82, 2.24) is 9.88 Å². The number of nitrogens with one attached hydrogen (secondary N) is 1. The summed E-state index contributed by atoms with van der Waals surface area (Å²) in [6.45, 7) is 3.25. The predicted molar refractivity (Wildman–Crippen MR) is 85.9 cm³/mol. The Hall–Kier alpha value is -1.90. The van der Waals surface area contributed by atoms with Crippen molar-refractivity contribution < 1.29 is 17.7 Å². The summed E-state index contributed by atoms with van der Waals surface area (Å²) in [6, 6.07) is 7.42. The lowest BCUT2D eigenvalue weighted by Gasteiger charge is -2.17. The molecule has 1 heterocycles. The number of amides is 1. The summed E-state index contributed by atoms with van der Waals surface area (Å²) in [7, 11) is -3.67. The molecule has 0 saturated carbocycles. The highest BCUT2D eigenvalue weighted by atomic mass is 35.5. The van der Waals surface area contributed by atoms with E-state index >= 15 is 0 Å². The van der Waals surface area contributed by atoms with Crippen LogP contribution in [0.5, 0.6) is 0 Å². The molecule has 0 spiro atoms. The van der Waals surface area contributed by atoms with Crippen LogP contribution in [0.2, 0.25) is 5.02 Å². The maximum absolute atomic E-state index is 12.1. The highest BCUT2D eigenvalue weighted by molar-refractivity contribution is 7.89. The third kappa shape index (κ3) is 4.54. The Bertz CT molecular complexity index is 787. The van der Waals surface area contributed by atoms with Gasteiger partial charge in [0.2, 0.25) is 15.9 Å². The lowest BCUT2D eigenvalue weighted by atomic mass is 10.4. The third-order valence-electron chi connectivity index (χ3n) is 3.02.